The molecule has 0 spiro atoms. The van der Waals surface area contributed by atoms with Crippen LogP contribution in [0, 0.1) is 6.92 Å². The largest absolute Gasteiger partial charge is 0.296 e. The summed E-state index contributed by atoms with van der Waals surface area (Å²) in [6.45, 7) is 3.89. The van der Waals surface area contributed by atoms with Crippen molar-refractivity contribution >= 4 is 15.9 Å². The summed E-state index contributed by atoms with van der Waals surface area (Å²) in [5, 5.41) is 0. The Morgan fingerprint density at radius 1 is 1.18 bits per heavy atom. The van der Waals surface area contributed by atoms with Gasteiger partial charge in [0.25, 0.3) is 10.0 Å². The van der Waals surface area contributed by atoms with Gasteiger partial charge in [0.15, 0.2) is 0 Å². The number of sulfonamides is 1. The van der Waals surface area contributed by atoms with E-state index in [-0.39, 0.29) is 4.90 Å². The van der Waals surface area contributed by atoms with Crippen LogP contribution in [0.25, 0.3) is 0 Å². The van der Waals surface area contributed by atoms with E-state index in [0.29, 0.717) is 18.3 Å². The zero-order valence-corrected chi connectivity index (χ0v) is 14.1. The first kappa shape index (κ1) is 17.0. The molecule has 0 amide bonds. The smallest absolute Gasteiger partial charge is 0.257 e. The highest BCUT2D eigenvalue weighted by atomic mass is 32.2. The van der Waals surface area contributed by atoms with Crippen molar-refractivity contribution in [1.82, 2.24) is 10.3 Å². The van der Waals surface area contributed by atoms with Crippen LogP contribution in [0.1, 0.15) is 51.0 Å². The number of rotatable bonds is 5. The highest BCUT2D eigenvalue weighted by molar-refractivity contribution is 7.89. The minimum Gasteiger partial charge on any atom is -0.296 e. The van der Waals surface area contributed by atoms with Gasteiger partial charge in [0.2, 0.25) is 0 Å². The Morgan fingerprint density at radius 2 is 1.82 bits per heavy atom. The molecule has 5 nitrogen and oxygen atoms in total. The molecule has 0 aliphatic heterocycles. The maximum Gasteiger partial charge on any atom is 0.257 e. The summed E-state index contributed by atoms with van der Waals surface area (Å²) in [5.41, 5.74) is 3.81. The van der Waals surface area contributed by atoms with Gasteiger partial charge in [-0.2, -0.15) is 0 Å². The van der Waals surface area contributed by atoms with E-state index < -0.39 is 10.0 Å². The molecule has 1 aliphatic rings. The molecular weight excluding hydrogens is 298 g/mol. The lowest BCUT2D eigenvalue weighted by molar-refractivity contribution is 0.441. The molecule has 0 heterocycles. The molecule has 1 aromatic rings. The second-order valence-corrected chi connectivity index (χ2v) is 7.45. The van der Waals surface area contributed by atoms with Crippen LogP contribution in [0.15, 0.2) is 34.2 Å². The van der Waals surface area contributed by atoms with Gasteiger partial charge in [-0.3, -0.25) is 10.4 Å². The Labute approximate surface area is 133 Å². The number of nitrogens with zero attached hydrogens (tertiary/aromatic N) is 1. The molecule has 0 saturated heterocycles. The van der Waals surface area contributed by atoms with E-state index in [1.807, 2.05) is 13.8 Å². The summed E-state index contributed by atoms with van der Waals surface area (Å²) in [4.78, 5) is 7.32. The monoisotopic (exact) mass is 323 g/mol. The Balaban J connectivity index is 1.99. The van der Waals surface area contributed by atoms with E-state index in [1.54, 1.807) is 24.3 Å². The third-order valence-corrected chi connectivity index (χ3v) is 5.17. The van der Waals surface area contributed by atoms with Crippen molar-refractivity contribution in [3.8, 4) is 0 Å². The molecule has 0 atom stereocenters. The van der Waals surface area contributed by atoms with Crippen LogP contribution in [0.3, 0.4) is 0 Å². The molecule has 6 heteroatoms. The first-order valence-electron chi connectivity index (χ1n) is 7.92. The van der Waals surface area contributed by atoms with Gasteiger partial charge in [-0.15, -0.1) is 4.83 Å². The predicted octanol–water partition coefficient (Wildman–Crippen LogP) is 2.92. The topological polar surface area (TPSA) is 70.6 Å². The van der Waals surface area contributed by atoms with Gasteiger partial charge in [-0.05, 0) is 31.9 Å². The van der Waals surface area contributed by atoms with Crippen molar-refractivity contribution in [2.75, 3.05) is 0 Å². The highest BCUT2D eigenvalue weighted by Crippen LogP contribution is 2.20. The SMILES string of the molecule is CCC(=NC1CCCCC1)NNS(=O)(=O)c1ccc(C)cc1. The minimum atomic E-state index is -3.56. The molecule has 1 aliphatic carbocycles. The standard InChI is InChI=1S/C16H25N3O2S/c1-3-16(17-14-7-5-4-6-8-14)18-19-22(20,21)15-11-9-13(2)10-12-15/h9-12,14,19H,3-8H2,1-2H3,(H,17,18). The average molecular weight is 323 g/mol. The van der Waals surface area contributed by atoms with Gasteiger partial charge in [-0.25, -0.2) is 8.42 Å². The fourth-order valence-electron chi connectivity index (χ4n) is 2.54. The van der Waals surface area contributed by atoms with E-state index in [1.165, 1.54) is 19.3 Å². The fourth-order valence-corrected chi connectivity index (χ4v) is 3.41. The van der Waals surface area contributed by atoms with Crippen LogP contribution in [0.2, 0.25) is 0 Å². The minimum absolute atomic E-state index is 0.249. The highest BCUT2D eigenvalue weighted by Gasteiger charge is 2.15. The van der Waals surface area contributed by atoms with E-state index in [4.69, 9.17) is 0 Å². The van der Waals surface area contributed by atoms with Crippen molar-refractivity contribution in [1.29, 1.82) is 0 Å². The summed E-state index contributed by atoms with van der Waals surface area (Å²) in [6.07, 6.45) is 6.56. The van der Waals surface area contributed by atoms with Gasteiger partial charge in [0.1, 0.15) is 5.84 Å². The number of aryl methyl sites for hydroxylation is 1. The zero-order chi connectivity index (χ0) is 16.0. The van der Waals surface area contributed by atoms with E-state index in [9.17, 15) is 8.42 Å². The molecule has 122 valence electrons. The molecule has 1 saturated carbocycles. The molecule has 1 aromatic carbocycles. The van der Waals surface area contributed by atoms with Crippen molar-refractivity contribution in [3.05, 3.63) is 29.8 Å². The fraction of sp³-hybridized carbons (Fsp3) is 0.562. The molecule has 1 fully saturated rings. The van der Waals surface area contributed by atoms with Crippen LogP contribution in [0.4, 0.5) is 0 Å². The Hall–Kier alpha value is -1.40. The number of hydrazine groups is 1. The lowest BCUT2D eigenvalue weighted by Gasteiger charge is -2.19. The van der Waals surface area contributed by atoms with Gasteiger partial charge >= 0.3 is 0 Å². The van der Waals surface area contributed by atoms with Crippen molar-refractivity contribution < 1.29 is 8.42 Å². The molecule has 0 aromatic heterocycles. The van der Waals surface area contributed by atoms with Gasteiger partial charge in [-0.1, -0.05) is 43.9 Å². The van der Waals surface area contributed by atoms with Crippen molar-refractivity contribution in [3.63, 3.8) is 0 Å². The number of benzene rings is 1. The number of nitrogens with one attached hydrogen (secondary N) is 2. The number of hydrogen-bond acceptors (Lipinski definition) is 3. The number of hydrogen-bond donors (Lipinski definition) is 2. The molecule has 0 radical (unpaired) electrons. The van der Waals surface area contributed by atoms with Gasteiger partial charge in [0, 0.05) is 6.42 Å². The maximum atomic E-state index is 12.2. The van der Waals surface area contributed by atoms with Crippen LogP contribution in [-0.2, 0) is 10.0 Å². The molecule has 2 N–H and O–H groups in total. The second-order valence-electron chi connectivity index (χ2n) is 5.76. The third-order valence-electron chi connectivity index (χ3n) is 3.91. The summed E-state index contributed by atoms with van der Waals surface area (Å²) in [6, 6.07) is 7.09. The quantitative estimate of drug-likeness (QED) is 0.497. The summed E-state index contributed by atoms with van der Waals surface area (Å²) >= 11 is 0. The molecule has 0 unspecified atom stereocenters. The molecule has 2 rings (SSSR count). The van der Waals surface area contributed by atoms with Gasteiger partial charge in [0.05, 0.1) is 10.9 Å². The molecule has 0 bridgehead atoms. The number of aliphatic imine (C=N–C) groups is 1. The lowest BCUT2D eigenvalue weighted by atomic mass is 9.96. The van der Waals surface area contributed by atoms with Crippen molar-refractivity contribution in [2.24, 2.45) is 4.99 Å². The summed E-state index contributed by atoms with van der Waals surface area (Å²) < 4.78 is 24.5. The maximum absolute atomic E-state index is 12.2. The normalized spacial score (nSPS) is 17.5. The van der Waals surface area contributed by atoms with E-state index in [0.717, 1.165) is 18.4 Å². The van der Waals surface area contributed by atoms with Crippen molar-refractivity contribution in [2.45, 2.75) is 63.3 Å². The first-order chi connectivity index (χ1) is 10.5. The Kier molecular flexibility index (Phi) is 5.97. The summed E-state index contributed by atoms with van der Waals surface area (Å²) in [7, 11) is -3.56. The third kappa shape index (κ3) is 4.81. The van der Waals surface area contributed by atoms with Crippen LogP contribution in [0.5, 0.6) is 0 Å². The predicted molar refractivity (Wildman–Crippen MR) is 89.2 cm³/mol. The molecule has 22 heavy (non-hydrogen) atoms. The Morgan fingerprint density at radius 3 is 2.41 bits per heavy atom. The Bertz CT molecular complexity index is 603. The zero-order valence-electron chi connectivity index (χ0n) is 13.3. The lowest BCUT2D eigenvalue weighted by Crippen LogP contribution is -2.42. The molecular formula is C16H25N3O2S. The summed E-state index contributed by atoms with van der Waals surface area (Å²) in [5.74, 6) is 0.697. The second kappa shape index (κ2) is 7.74. The van der Waals surface area contributed by atoms with E-state index >= 15 is 0 Å². The first-order valence-corrected chi connectivity index (χ1v) is 9.41. The van der Waals surface area contributed by atoms with Crippen LogP contribution < -0.4 is 10.3 Å². The van der Waals surface area contributed by atoms with Crippen LogP contribution >= 0.6 is 0 Å². The number of amidine groups is 1. The van der Waals surface area contributed by atoms with Crippen LogP contribution in [-0.4, -0.2) is 20.3 Å². The average Bonchev–Trinajstić information content (AvgIpc) is 2.53. The van der Waals surface area contributed by atoms with E-state index in [2.05, 4.69) is 15.2 Å². The van der Waals surface area contributed by atoms with Gasteiger partial charge < -0.3 is 0 Å².